The summed E-state index contributed by atoms with van der Waals surface area (Å²) >= 11 is 0. The van der Waals surface area contributed by atoms with Gasteiger partial charge in [0.2, 0.25) is 0 Å². The van der Waals surface area contributed by atoms with Crippen molar-refractivity contribution in [2.45, 2.75) is 58.3 Å². The Labute approximate surface area is 118 Å². The van der Waals surface area contributed by atoms with Crippen LogP contribution in [-0.4, -0.2) is 13.1 Å². The van der Waals surface area contributed by atoms with Crippen molar-refractivity contribution in [3.63, 3.8) is 0 Å². The van der Waals surface area contributed by atoms with E-state index in [2.05, 4.69) is 50.4 Å². The van der Waals surface area contributed by atoms with E-state index in [-0.39, 0.29) is 0 Å². The van der Waals surface area contributed by atoms with E-state index in [0.717, 1.165) is 19.0 Å². The number of rotatable bonds is 6. The van der Waals surface area contributed by atoms with Crippen LogP contribution in [0.1, 0.15) is 57.6 Å². The predicted molar refractivity (Wildman–Crippen MR) is 83.7 cm³/mol. The molecule has 0 spiro atoms. The Morgan fingerprint density at radius 1 is 1.26 bits per heavy atom. The number of hydrogen-bond acceptors (Lipinski definition) is 1. The van der Waals surface area contributed by atoms with Gasteiger partial charge in [0.1, 0.15) is 0 Å². The molecular formula is C18H29N. The number of aryl methyl sites for hydroxylation is 1. The molecule has 0 saturated heterocycles. The van der Waals surface area contributed by atoms with E-state index in [1.807, 2.05) is 0 Å². The highest BCUT2D eigenvalue weighted by Crippen LogP contribution is 2.42. The maximum Gasteiger partial charge on any atom is 0.00831 e. The topological polar surface area (TPSA) is 12.0 Å². The second-order valence-corrected chi connectivity index (χ2v) is 6.29. The molecule has 106 valence electrons. The minimum atomic E-state index is 0.375. The summed E-state index contributed by atoms with van der Waals surface area (Å²) in [5, 5.41) is 3.63. The SMILES string of the molecule is CCNCC1(CC(C)CC)CCCc2ccccc21. The Morgan fingerprint density at radius 2 is 2.05 bits per heavy atom. The van der Waals surface area contributed by atoms with E-state index in [1.165, 1.54) is 32.1 Å². The summed E-state index contributed by atoms with van der Waals surface area (Å²) in [6, 6.07) is 9.15. The first-order valence-electron chi connectivity index (χ1n) is 8.01. The summed E-state index contributed by atoms with van der Waals surface area (Å²) in [4.78, 5) is 0. The van der Waals surface area contributed by atoms with E-state index in [4.69, 9.17) is 0 Å². The third-order valence-corrected chi connectivity index (χ3v) is 4.84. The van der Waals surface area contributed by atoms with Gasteiger partial charge in [0.25, 0.3) is 0 Å². The predicted octanol–water partition coefficient (Wildman–Crippen LogP) is 4.31. The molecule has 1 aliphatic rings. The van der Waals surface area contributed by atoms with E-state index in [0.29, 0.717) is 5.41 Å². The van der Waals surface area contributed by atoms with Gasteiger partial charge in [0, 0.05) is 12.0 Å². The van der Waals surface area contributed by atoms with Crippen LogP contribution in [0.3, 0.4) is 0 Å². The zero-order chi connectivity index (χ0) is 13.7. The third kappa shape index (κ3) is 3.20. The molecule has 0 amide bonds. The van der Waals surface area contributed by atoms with Gasteiger partial charge in [-0.25, -0.2) is 0 Å². The molecule has 1 aromatic rings. The Kier molecular flexibility index (Phi) is 5.04. The van der Waals surface area contributed by atoms with Gasteiger partial charge in [0.05, 0.1) is 0 Å². The summed E-state index contributed by atoms with van der Waals surface area (Å²) in [6.45, 7) is 9.16. The third-order valence-electron chi connectivity index (χ3n) is 4.84. The highest BCUT2D eigenvalue weighted by Gasteiger charge is 2.36. The standard InChI is InChI=1S/C18H29N/c1-4-15(3)13-18(14-19-5-2)12-8-10-16-9-6-7-11-17(16)18/h6-7,9,11,15,19H,4-5,8,10,12-14H2,1-3H3. The molecule has 0 bridgehead atoms. The summed E-state index contributed by atoms with van der Waals surface area (Å²) in [5.41, 5.74) is 3.60. The molecule has 19 heavy (non-hydrogen) atoms. The summed E-state index contributed by atoms with van der Waals surface area (Å²) in [5.74, 6) is 0.810. The van der Waals surface area contributed by atoms with Gasteiger partial charge in [-0.15, -0.1) is 0 Å². The molecular weight excluding hydrogens is 230 g/mol. The maximum atomic E-state index is 3.63. The van der Waals surface area contributed by atoms with Gasteiger partial charge < -0.3 is 5.32 Å². The first-order valence-corrected chi connectivity index (χ1v) is 8.01. The molecule has 0 radical (unpaired) electrons. The average molecular weight is 259 g/mol. The van der Waals surface area contributed by atoms with E-state index in [9.17, 15) is 0 Å². The van der Waals surface area contributed by atoms with Gasteiger partial charge >= 0.3 is 0 Å². The van der Waals surface area contributed by atoms with Gasteiger partial charge in [-0.3, -0.25) is 0 Å². The Morgan fingerprint density at radius 3 is 2.79 bits per heavy atom. The highest BCUT2D eigenvalue weighted by atomic mass is 14.9. The molecule has 2 rings (SSSR count). The van der Waals surface area contributed by atoms with Crippen molar-refractivity contribution >= 4 is 0 Å². The van der Waals surface area contributed by atoms with Crippen molar-refractivity contribution in [1.29, 1.82) is 0 Å². The van der Waals surface area contributed by atoms with Crippen LogP contribution >= 0.6 is 0 Å². The lowest BCUT2D eigenvalue weighted by Crippen LogP contribution is -2.42. The number of hydrogen-bond donors (Lipinski definition) is 1. The van der Waals surface area contributed by atoms with Crippen LogP contribution in [0, 0.1) is 5.92 Å². The summed E-state index contributed by atoms with van der Waals surface area (Å²) in [6.07, 6.45) is 6.58. The second kappa shape index (κ2) is 6.56. The van der Waals surface area contributed by atoms with E-state index in [1.54, 1.807) is 11.1 Å². The zero-order valence-electron chi connectivity index (χ0n) is 12.8. The molecule has 0 aliphatic heterocycles. The van der Waals surface area contributed by atoms with Crippen LogP contribution in [0.15, 0.2) is 24.3 Å². The molecule has 0 saturated carbocycles. The highest BCUT2D eigenvalue weighted by molar-refractivity contribution is 5.37. The van der Waals surface area contributed by atoms with Crippen LogP contribution in [0.25, 0.3) is 0 Å². The molecule has 1 heteroatoms. The largest absolute Gasteiger partial charge is 0.316 e. The van der Waals surface area contributed by atoms with Crippen LogP contribution in [0.5, 0.6) is 0 Å². The minimum absolute atomic E-state index is 0.375. The zero-order valence-corrected chi connectivity index (χ0v) is 12.8. The molecule has 1 aliphatic carbocycles. The van der Waals surface area contributed by atoms with Crippen molar-refractivity contribution in [1.82, 2.24) is 5.32 Å². The summed E-state index contributed by atoms with van der Waals surface area (Å²) < 4.78 is 0. The van der Waals surface area contributed by atoms with Gasteiger partial charge in [0.15, 0.2) is 0 Å². The normalized spacial score (nSPS) is 23.9. The van der Waals surface area contributed by atoms with Crippen LogP contribution in [0.4, 0.5) is 0 Å². The first-order chi connectivity index (χ1) is 9.22. The lowest BCUT2D eigenvalue weighted by molar-refractivity contribution is 0.271. The van der Waals surface area contributed by atoms with Gasteiger partial charge in [-0.1, -0.05) is 51.5 Å². The Hall–Kier alpha value is -0.820. The maximum absolute atomic E-state index is 3.63. The quantitative estimate of drug-likeness (QED) is 0.803. The van der Waals surface area contributed by atoms with Crippen molar-refractivity contribution in [2.24, 2.45) is 5.92 Å². The molecule has 1 aromatic carbocycles. The fourth-order valence-electron chi connectivity index (χ4n) is 3.65. The van der Waals surface area contributed by atoms with E-state index >= 15 is 0 Å². The molecule has 1 nitrogen and oxygen atoms in total. The molecule has 0 aromatic heterocycles. The van der Waals surface area contributed by atoms with Gasteiger partial charge in [-0.05, 0) is 49.3 Å². The molecule has 2 unspecified atom stereocenters. The molecule has 0 heterocycles. The van der Waals surface area contributed by atoms with E-state index < -0.39 is 0 Å². The monoisotopic (exact) mass is 259 g/mol. The molecule has 1 N–H and O–H groups in total. The van der Waals surface area contributed by atoms with Crippen LogP contribution in [-0.2, 0) is 11.8 Å². The lowest BCUT2D eigenvalue weighted by Gasteiger charge is -2.41. The first kappa shape index (κ1) is 14.6. The van der Waals surface area contributed by atoms with Crippen molar-refractivity contribution < 1.29 is 0 Å². The number of fused-ring (bicyclic) bond motifs is 1. The molecule has 0 fully saturated rings. The Bertz CT molecular complexity index is 398. The van der Waals surface area contributed by atoms with Crippen molar-refractivity contribution in [3.05, 3.63) is 35.4 Å². The average Bonchev–Trinajstić information content (AvgIpc) is 2.45. The van der Waals surface area contributed by atoms with Crippen LogP contribution < -0.4 is 5.32 Å². The number of likely N-dealkylation sites (N-methyl/N-ethyl adjacent to an activating group) is 1. The van der Waals surface area contributed by atoms with Crippen LogP contribution in [0.2, 0.25) is 0 Å². The number of benzene rings is 1. The summed E-state index contributed by atoms with van der Waals surface area (Å²) in [7, 11) is 0. The fourth-order valence-corrected chi connectivity index (χ4v) is 3.65. The minimum Gasteiger partial charge on any atom is -0.316 e. The smallest absolute Gasteiger partial charge is 0.00831 e. The second-order valence-electron chi connectivity index (χ2n) is 6.29. The van der Waals surface area contributed by atoms with Crippen molar-refractivity contribution in [2.75, 3.05) is 13.1 Å². The molecule has 2 atom stereocenters. The van der Waals surface area contributed by atoms with Gasteiger partial charge in [-0.2, -0.15) is 0 Å². The fraction of sp³-hybridized carbons (Fsp3) is 0.667. The number of nitrogens with one attached hydrogen (secondary N) is 1. The Balaban J connectivity index is 2.32. The lowest BCUT2D eigenvalue weighted by atomic mass is 9.65. The van der Waals surface area contributed by atoms with Crippen molar-refractivity contribution in [3.8, 4) is 0 Å².